The van der Waals surface area contributed by atoms with Crippen LogP contribution in [-0.4, -0.2) is 34.5 Å². The van der Waals surface area contributed by atoms with Crippen LogP contribution in [0.5, 0.6) is 5.75 Å². The molecule has 2 aromatic rings. The number of hydrogen-bond acceptors (Lipinski definition) is 3. The van der Waals surface area contributed by atoms with Crippen LogP contribution in [0.25, 0.3) is 0 Å². The molecule has 0 unspecified atom stereocenters. The Balaban J connectivity index is 1.62. The lowest BCUT2D eigenvalue weighted by Gasteiger charge is -2.35. The van der Waals surface area contributed by atoms with E-state index >= 15 is 0 Å². The molecule has 0 spiro atoms. The summed E-state index contributed by atoms with van der Waals surface area (Å²) in [6, 6.07) is 14.0. The van der Waals surface area contributed by atoms with E-state index in [1.807, 2.05) is 42.5 Å². The van der Waals surface area contributed by atoms with Crippen LogP contribution in [0, 0.1) is 0 Å². The van der Waals surface area contributed by atoms with Crippen LogP contribution < -0.4 is 4.74 Å². The van der Waals surface area contributed by atoms with Gasteiger partial charge in [-0.25, -0.2) is 4.79 Å². The highest BCUT2D eigenvalue weighted by Gasteiger charge is 2.40. The molecule has 1 N–H and O–H groups in total. The first-order valence-electron chi connectivity index (χ1n) is 8.01. The minimum Gasteiger partial charge on any atom is -0.480 e. The van der Waals surface area contributed by atoms with Gasteiger partial charge in [-0.1, -0.05) is 42.5 Å². The Hall–Kier alpha value is -2.82. The molecule has 5 heteroatoms. The van der Waals surface area contributed by atoms with Crippen LogP contribution in [0.1, 0.15) is 22.7 Å². The third-order valence-corrected chi connectivity index (χ3v) is 4.72. The first-order chi connectivity index (χ1) is 11.6. The number of aliphatic carboxylic acids is 1. The van der Waals surface area contributed by atoms with Crippen molar-refractivity contribution >= 4 is 11.9 Å². The smallest absolute Gasteiger partial charge is 0.331 e. The number of carbonyl (C=O) groups is 2. The van der Waals surface area contributed by atoms with Gasteiger partial charge in [-0.2, -0.15) is 0 Å². The summed E-state index contributed by atoms with van der Waals surface area (Å²) in [6.07, 6.45) is 0.500. The van der Waals surface area contributed by atoms with Crippen molar-refractivity contribution in [2.75, 3.05) is 6.54 Å². The van der Waals surface area contributed by atoms with Gasteiger partial charge in [-0.3, -0.25) is 4.79 Å². The molecule has 2 aliphatic heterocycles. The second-order valence-corrected chi connectivity index (χ2v) is 6.14. The molecule has 0 radical (unpaired) electrons. The Morgan fingerprint density at radius 1 is 1.04 bits per heavy atom. The molecule has 5 nitrogen and oxygen atoms in total. The highest BCUT2D eigenvalue weighted by atomic mass is 16.5. The van der Waals surface area contributed by atoms with Crippen LogP contribution in [-0.2, 0) is 22.4 Å². The van der Waals surface area contributed by atoms with Gasteiger partial charge in [0.05, 0.1) is 0 Å². The van der Waals surface area contributed by atoms with E-state index in [0.29, 0.717) is 30.7 Å². The molecule has 2 atom stereocenters. The predicted octanol–water partition coefficient (Wildman–Crippen LogP) is 2.20. The number of ether oxygens (including phenoxy) is 1. The normalized spacial score (nSPS) is 21.6. The standard InChI is InChI=1S/C19H17NO4/c21-18(16-11-13-6-2-4-8-15(13)24-16)20-10-9-12-5-1-3-7-14(12)17(20)19(22)23/h1-8,16-17H,9-11H2,(H,22,23)/t16-,17+/m0/s1. The van der Waals surface area contributed by atoms with E-state index in [9.17, 15) is 14.7 Å². The van der Waals surface area contributed by atoms with Crippen LogP contribution in [0.15, 0.2) is 48.5 Å². The van der Waals surface area contributed by atoms with Crippen LogP contribution >= 0.6 is 0 Å². The fraction of sp³-hybridized carbons (Fsp3) is 0.263. The SMILES string of the molecule is O=C(O)[C@H]1c2ccccc2CCN1C(=O)[C@@H]1Cc2ccccc2O1. The zero-order valence-electron chi connectivity index (χ0n) is 13.0. The summed E-state index contributed by atoms with van der Waals surface area (Å²) in [4.78, 5) is 26.2. The lowest BCUT2D eigenvalue weighted by atomic mass is 9.92. The topological polar surface area (TPSA) is 66.8 Å². The zero-order chi connectivity index (χ0) is 16.7. The molecule has 2 aliphatic rings. The molecule has 4 rings (SSSR count). The minimum atomic E-state index is -1.01. The van der Waals surface area contributed by atoms with Crippen molar-refractivity contribution in [2.24, 2.45) is 0 Å². The van der Waals surface area contributed by atoms with Gasteiger partial charge >= 0.3 is 5.97 Å². The number of nitrogens with zero attached hydrogens (tertiary/aromatic N) is 1. The number of carboxylic acid groups (broad SMARTS) is 1. The third kappa shape index (κ3) is 2.33. The molecule has 0 aliphatic carbocycles. The van der Waals surface area contributed by atoms with E-state index in [2.05, 4.69) is 0 Å². The van der Waals surface area contributed by atoms with Gasteiger partial charge in [0, 0.05) is 13.0 Å². The first kappa shape index (κ1) is 14.8. The second-order valence-electron chi connectivity index (χ2n) is 6.14. The van der Waals surface area contributed by atoms with Gasteiger partial charge in [0.25, 0.3) is 5.91 Å². The summed E-state index contributed by atoms with van der Waals surface area (Å²) < 4.78 is 5.75. The van der Waals surface area contributed by atoms with Gasteiger partial charge in [0.15, 0.2) is 12.1 Å². The molecule has 2 aromatic carbocycles. The second kappa shape index (κ2) is 5.67. The Kier molecular flexibility index (Phi) is 3.49. The van der Waals surface area contributed by atoms with Crippen LogP contribution in [0.2, 0.25) is 0 Å². The maximum Gasteiger partial charge on any atom is 0.331 e. The molecule has 0 saturated heterocycles. The quantitative estimate of drug-likeness (QED) is 0.920. The van der Waals surface area contributed by atoms with Crippen molar-refractivity contribution in [3.63, 3.8) is 0 Å². The van der Waals surface area contributed by atoms with Crippen LogP contribution in [0.4, 0.5) is 0 Å². The van der Waals surface area contributed by atoms with Crippen molar-refractivity contribution in [2.45, 2.75) is 25.0 Å². The predicted molar refractivity (Wildman–Crippen MR) is 86.8 cm³/mol. The van der Waals surface area contributed by atoms with Gasteiger partial charge in [-0.05, 0) is 29.2 Å². The highest BCUT2D eigenvalue weighted by molar-refractivity contribution is 5.89. The summed E-state index contributed by atoms with van der Waals surface area (Å²) >= 11 is 0. The summed E-state index contributed by atoms with van der Waals surface area (Å²) in [7, 11) is 0. The van der Waals surface area contributed by atoms with E-state index < -0.39 is 18.1 Å². The summed E-state index contributed by atoms with van der Waals surface area (Å²) in [6.45, 7) is 0.392. The number of amides is 1. The summed E-state index contributed by atoms with van der Waals surface area (Å²) in [5.41, 5.74) is 2.67. The number of carboxylic acids is 1. The van der Waals surface area contributed by atoms with E-state index in [4.69, 9.17) is 4.74 Å². The minimum absolute atomic E-state index is 0.256. The molecule has 2 heterocycles. The first-order valence-corrected chi connectivity index (χ1v) is 8.01. The Bertz CT molecular complexity index is 792. The molecule has 122 valence electrons. The summed E-state index contributed by atoms with van der Waals surface area (Å²) in [5, 5.41) is 9.69. The average Bonchev–Trinajstić information content (AvgIpc) is 3.04. The number of fused-ring (bicyclic) bond motifs is 2. The maximum absolute atomic E-state index is 12.9. The molecule has 24 heavy (non-hydrogen) atoms. The van der Waals surface area contributed by atoms with Gasteiger partial charge in [-0.15, -0.1) is 0 Å². The van der Waals surface area contributed by atoms with E-state index in [1.165, 1.54) is 4.90 Å². The molecule has 0 bridgehead atoms. The van der Waals surface area contributed by atoms with Gasteiger partial charge in [0.2, 0.25) is 0 Å². The molecule has 0 fully saturated rings. The van der Waals surface area contributed by atoms with Gasteiger partial charge in [0.1, 0.15) is 5.75 Å². The number of hydrogen-bond donors (Lipinski definition) is 1. The average molecular weight is 323 g/mol. The lowest BCUT2D eigenvalue weighted by molar-refractivity contribution is -0.154. The fourth-order valence-corrected chi connectivity index (χ4v) is 3.58. The van der Waals surface area contributed by atoms with E-state index in [-0.39, 0.29) is 5.91 Å². The fourth-order valence-electron chi connectivity index (χ4n) is 3.58. The number of carbonyl (C=O) groups excluding carboxylic acids is 1. The summed E-state index contributed by atoms with van der Waals surface area (Å²) in [5.74, 6) is -0.556. The molecular formula is C19H17NO4. The van der Waals surface area contributed by atoms with E-state index in [1.54, 1.807) is 6.07 Å². The third-order valence-electron chi connectivity index (χ3n) is 4.72. The van der Waals surface area contributed by atoms with E-state index in [0.717, 1.165) is 11.1 Å². The lowest BCUT2D eigenvalue weighted by Crippen LogP contribution is -2.48. The maximum atomic E-state index is 12.9. The number of rotatable bonds is 2. The Morgan fingerprint density at radius 3 is 2.50 bits per heavy atom. The highest BCUT2D eigenvalue weighted by Crippen LogP contribution is 2.34. The van der Waals surface area contributed by atoms with Crippen LogP contribution in [0.3, 0.4) is 0 Å². The van der Waals surface area contributed by atoms with Crippen molar-refractivity contribution < 1.29 is 19.4 Å². The van der Waals surface area contributed by atoms with Crippen molar-refractivity contribution in [1.82, 2.24) is 4.90 Å². The zero-order valence-corrected chi connectivity index (χ0v) is 13.0. The monoisotopic (exact) mass is 323 g/mol. The number of benzene rings is 2. The Labute approximate surface area is 139 Å². The molecule has 1 amide bonds. The van der Waals surface area contributed by atoms with Crippen molar-refractivity contribution in [1.29, 1.82) is 0 Å². The molecule has 0 saturated carbocycles. The Morgan fingerprint density at radius 2 is 1.75 bits per heavy atom. The van der Waals surface area contributed by atoms with Crippen molar-refractivity contribution in [3.8, 4) is 5.75 Å². The van der Waals surface area contributed by atoms with Gasteiger partial charge < -0.3 is 14.7 Å². The molecule has 0 aromatic heterocycles. The molecular weight excluding hydrogens is 306 g/mol. The largest absolute Gasteiger partial charge is 0.480 e. The van der Waals surface area contributed by atoms with Crippen molar-refractivity contribution in [3.05, 3.63) is 65.2 Å². The number of para-hydroxylation sites is 1.